The highest BCUT2D eigenvalue weighted by Crippen LogP contribution is 2.33. The molecule has 1 aliphatic heterocycles. The molecule has 25 heavy (non-hydrogen) atoms. The van der Waals surface area contributed by atoms with Crippen molar-refractivity contribution in [1.29, 1.82) is 0 Å². The molecular formula is C19H13N5O. The minimum atomic E-state index is -0.0796. The van der Waals surface area contributed by atoms with Crippen LogP contribution in [0.5, 0.6) is 0 Å². The number of para-hydroxylation sites is 1. The van der Waals surface area contributed by atoms with E-state index in [0.29, 0.717) is 5.57 Å². The number of nitrogens with zero attached hydrogens (tertiary/aromatic N) is 2. The lowest BCUT2D eigenvalue weighted by molar-refractivity contribution is -0.110. The van der Waals surface area contributed by atoms with Gasteiger partial charge in [-0.15, -0.1) is 0 Å². The van der Waals surface area contributed by atoms with E-state index in [1.807, 2.05) is 54.6 Å². The van der Waals surface area contributed by atoms with Crippen molar-refractivity contribution >= 4 is 34.1 Å². The Bertz CT molecular complexity index is 1140. The topological polar surface area (TPSA) is 86.5 Å². The number of amides is 1. The summed E-state index contributed by atoms with van der Waals surface area (Å²) < 4.78 is 0. The normalized spacial score (nSPS) is 14.9. The second kappa shape index (κ2) is 5.17. The first-order valence-electron chi connectivity index (χ1n) is 7.90. The summed E-state index contributed by atoms with van der Waals surface area (Å²) in [5.41, 5.74) is 5.98. The fourth-order valence-electron chi connectivity index (χ4n) is 3.17. The van der Waals surface area contributed by atoms with Gasteiger partial charge < -0.3 is 5.32 Å². The molecule has 3 heterocycles. The van der Waals surface area contributed by atoms with E-state index >= 15 is 0 Å². The summed E-state index contributed by atoms with van der Waals surface area (Å²) in [7, 11) is 0. The summed E-state index contributed by atoms with van der Waals surface area (Å²) in [6.07, 6.45) is 3.60. The van der Waals surface area contributed by atoms with E-state index in [9.17, 15) is 4.79 Å². The number of aromatic nitrogens is 4. The van der Waals surface area contributed by atoms with E-state index in [1.165, 1.54) is 0 Å². The van der Waals surface area contributed by atoms with E-state index in [0.717, 1.165) is 39.1 Å². The van der Waals surface area contributed by atoms with Crippen LogP contribution in [0.25, 0.3) is 33.9 Å². The van der Waals surface area contributed by atoms with Crippen LogP contribution in [-0.4, -0.2) is 26.3 Å². The summed E-state index contributed by atoms with van der Waals surface area (Å²) in [4.78, 5) is 12.2. The third kappa shape index (κ3) is 2.15. The number of carbonyl (C=O) groups is 1. The van der Waals surface area contributed by atoms with E-state index in [2.05, 4.69) is 25.7 Å². The number of carbonyl (C=O) groups excluding carboxylic acids is 1. The molecule has 3 N–H and O–H groups in total. The molecule has 1 aliphatic rings. The number of anilines is 1. The highest BCUT2D eigenvalue weighted by molar-refractivity contribution is 6.34. The Hall–Kier alpha value is -3.67. The minimum absolute atomic E-state index is 0.0796. The first-order chi connectivity index (χ1) is 12.3. The number of hydrogen-bond donors (Lipinski definition) is 3. The highest BCUT2D eigenvalue weighted by Gasteiger charge is 2.23. The van der Waals surface area contributed by atoms with E-state index in [4.69, 9.17) is 0 Å². The molecule has 4 aromatic rings. The molecular weight excluding hydrogens is 314 g/mol. The molecule has 6 nitrogen and oxygen atoms in total. The fourth-order valence-corrected chi connectivity index (χ4v) is 3.17. The second-order valence-electron chi connectivity index (χ2n) is 5.91. The molecule has 0 spiro atoms. The predicted octanol–water partition coefficient (Wildman–Crippen LogP) is 3.45. The van der Waals surface area contributed by atoms with Crippen LogP contribution < -0.4 is 5.32 Å². The lowest BCUT2D eigenvalue weighted by atomic mass is 10.0. The van der Waals surface area contributed by atoms with Gasteiger partial charge in [-0.2, -0.15) is 10.2 Å². The van der Waals surface area contributed by atoms with Crippen molar-refractivity contribution in [2.45, 2.75) is 0 Å². The average Bonchev–Trinajstić information content (AvgIpc) is 3.34. The summed E-state index contributed by atoms with van der Waals surface area (Å²) in [6.45, 7) is 0. The van der Waals surface area contributed by atoms with E-state index in [1.54, 1.807) is 6.20 Å². The summed E-state index contributed by atoms with van der Waals surface area (Å²) in [6, 6.07) is 15.6. The van der Waals surface area contributed by atoms with Crippen LogP contribution >= 0.6 is 0 Å². The Labute approximate surface area is 142 Å². The first kappa shape index (κ1) is 13.7. The summed E-state index contributed by atoms with van der Waals surface area (Å²) in [5, 5.41) is 18.2. The van der Waals surface area contributed by atoms with Crippen LogP contribution in [0.3, 0.4) is 0 Å². The van der Waals surface area contributed by atoms with Gasteiger partial charge >= 0.3 is 0 Å². The molecule has 2 aromatic heterocycles. The fraction of sp³-hybridized carbons (Fsp3) is 0. The van der Waals surface area contributed by atoms with Gasteiger partial charge in [0, 0.05) is 28.4 Å². The van der Waals surface area contributed by atoms with Crippen molar-refractivity contribution in [3.63, 3.8) is 0 Å². The van der Waals surface area contributed by atoms with Crippen LogP contribution in [-0.2, 0) is 4.79 Å². The van der Waals surface area contributed by atoms with Crippen LogP contribution in [0.1, 0.15) is 11.1 Å². The summed E-state index contributed by atoms with van der Waals surface area (Å²) in [5.74, 6) is -0.0796. The van der Waals surface area contributed by atoms with Gasteiger partial charge in [-0.3, -0.25) is 15.0 Å². The smallest absolute Gasteiger partial charge is 0.256 e. The zero-order valence-electron chi connectivity index (χ0n) is 13.1. The lowest BCUT2D eigenvalue weighted by Crippen LogP contribution is -2.03. The van der Waals surface area contributed by atoms with Crippen LogP contribution in [0.2, 0.25) is 0 Å². The van der Waals surface area contributed by atoms with Crippen LogP contribution in [0.4, 0.5) is 5.69 Å². The Morgan fingerprint density at radius 1 is 1.00 bits per heavy atom. The van der Waals surface area contributed by atoms with Crippen LogP contribution in [0.15, 0.2) is 54.7 Å². The zero-order chi connectivity index (χ0) is 16.8. The SMILES string of the molecule is O=C1Nc2ccccc2C1=Cc1ccc2c(-c3ccn[nH]3)n[nH]c2c1. The third-order valence-electron chi connectivity index (χ3n) is 4.36. The second-order valence-corrected chi connectivity index (χ2v) is 5.91. The van der Waals surface area contributed by atoms with Crippen molar-refractivity contribution in [2.75, 3.05) is 5.32 Å². The van der Waals surface area contributed by atoms with Gasteiger partial charge in [-0.25, -0.2) is 0 Å². The third-order valence-corrected chi connectivity index (χ3v) is 4.36. The molecule has 0 saturated heterocycles. The van der Waals surface area contributed by atoms with Crippen molar-refractivity contribution in [3.05, 3.63) is 65.9 Å². The van der Waals surface area contributed by atoms with E-state index in [-0.39, 0.29) is 5.91 Å². The predicted molar refractivity (Wildman–Crippen MR) is 96.6 cm³/mol. The zero-order valence-corrected chi connectivity index (χ0v) is 13.1. The quantitative estimate of drug-likeness (QED) is 0.493. The molecule has 0 aliphatic carbocycles. The molecule has 0 atom stereocenters. The van der Waals surface area contributed by atoms with Crippen LogP contribution in [0, 0.1) is 0 Å². The van der Waals surface area contributed by atoms with Crippen molar-refractivity contribution < 1.29 is 4.79 Å². The summed E-state index contributed by atoms with van der Waals surface area (Å²) >= 11 is 0. The lowest BCUT2D eigenvalue weighted by Gasteiger charge is -1.99. The number of benzene rings is 2. The maximum Gasteiger partial charge on any atom is 0.256 e. The number of hydrogen-bond acceptors (Lipinski definition) is 3. The number of rotatable bonds is 2. The van der Waals surface area contributed by atoms with Crippen molar-refractivity contribution in [3.8, 4) is 11.4 Å². The molecule has 1 amide bonds. The average molecular weight is 327 g/mol. The van der Waals surface area contributed by atoms with Crippen molar-refractivity contribution in [2.24, 2.45) is 0 Å². The Kier molecular flexibility index (Phi) is 2.84. The van der Waals surface area contributed by atoms with Gasteiger partial charge in [0.05, 0.1) is 11.2 Å². The van der Waals surface area contributed by atoms with Gasteiger partial charge in [-0.05, 0) is 35.9 Å². The molecule has 0 unspecified atom stereocenters. The number of nitrogens with one attached hydrogen (secondary N) is 3. The maximum atomic E-state index is 12.2. The number of aromatic amines is 2. The molecule has 0 bridgehead atoms. The van der Waals surface area contributed by atoms with Crippen molar-refractivity contribution in [1.82, 2.24) is 20.4 Å². The maximum absolute atomic E-state index is 12.2. The largest absolute Gasteiger partial charge is 0.321 e. The van der Waals surface area contributed by atoms with Gasteiger partial charge in [-0.1, -0.05) is 24.3 Å². The molecule has 0 radical (unpaired) electrons. The van der Waals surface area contributed by atoms with E-state index < -0.39 is 0 Å². The highest BCUT2D eigenvalue weighted by atomic mass is 16.2. The Balaban J connectivity index is 1.60. The molecule has 6 heteroatoms. The number of fused-ring (bicyclic) bond motifs is 2. The Morgan fingerprint density at radius 2 is 1.92 bits per heavy atom. The van der Waals surface area contributed by atoms with Gasteiger partial charge in [0.15, 0.2) is 0 Å². The number of H-pyrrole nitrogens is 2. The molecule has 2 aromatic carbocycles. The molecule has 5 rings (SSSR count). The molecule has 120 valence electrons. The molecule has 0 saturated carbocycles. The Morgan fingerprint density at radius 3 is 2.80 bits per heavy atom. The standard InChI is InChI=1S/C19H13N5O/c25-19-14(12-3-1-2-4-15(12)21-19)9-11-5-6-13-17(10-11)23-24-18(13)16-7-8-20-22-16/h1-10H,(H,20,22)(H,21,25)(H,23,24). The minimum Gasteiger partial charge on any atom is -0.321 e. The monoisotopic (exact) mass is 327 g/mol. The van der Waals surface area contributed by atoms with Gasteiger partial charge in [0.2, 0.25) is 0 Å². The molecule has 0 fully saturated rings. The van der Waals surface area contributed by atoms with Gasteiger partial charge in [0.1, 0.15) is 5.69 Å². The first-order valence-corrected chi connectivity index (χ1v) is 7.90. The van der Waals surface area contributed by atoms with Gasteiger partial charge in [0.25, 0.3) is 5.91 Å².